The number of hydrogen-bond acceptors (Lipinski definition) is 5. The van der Waals surface area contributed by atoms with E-state index < -0.39 is 30.6 Å². The predicted octanol–water partition coefficient (Wildman–Crippen LogP) is 0.643. The van der Waals surface area contributed by atoms with Crippen molar-refractivity contribution in [3.05, 3.63) is 35.9 Å². The zero-order valence-corrected chi connectivity index (χ0v) is 13.6. The maximum absolute atomic E-state index is 11.9. The van der Waals surface area contributed by atoms with Crippen LogP contribution in [0.4, 0.5) is 4.79 Å². The van der Waals surface area contributed by atoms with Gasteiger partial charge in [-0.25, -0.2) is 4.79 Å². The van der Waals surface area contributed by atoms with Crippen LogP contribution < -0.4 is 16.0 Å². The summed E-state index contributed by atoms with van der Waals surface area (Å²) in [5.41, 5.74) is 0.747. The van der Waals surface area contributed by atoms with E-state index in [0.717, 1.165) is 5.56 Å². The Morgan fingerprint density at radius 3 is 2.38 bits per heavy atom. The van der Waals surface area contributed by atoms with Crippen LogP contribution in [-0.2, 0) is 19.1 Å². The van der Waals surface area contributed by atoms with E-state index in [1.165, 1.54) is 6.92 Å². The molecule has 1 atom stereocenters. The van der Waals surface area contributed by atoms with Crippen LogP contribution in [0.3, 0.4) is 0 Å². The van der Waals surface area contributed by atoms with Crippen LogP contribution in [0, 0.1) is 0 Å². The summed E-state index contributed by atoms with van der Waals surface area (Å²) in [7, 11) is 0. The monoisotopic (exact) mass is 335 g/mol. The molecule has 4 amide bonds. The molecule has 0 aliphatic rings. The maximum Gasteiger partial charge on any atom is 0.321 e. The molecular weight excluding hydrogens is 314 g/mol. The van der Waals surface area contributed by atoms with Gasteiger partial charge in [-0.3, -0.25) is 19.7 Å². The highest BCUT2D eigenvalue weighted by Gasteiger charge is 2.19. The van der Waals surface area contributed by atoms with Crippen LogP contribution in [0.15, 0.2) is 30.3 Å². The number of urea groups is 1. The van der Waals surface area contributed by atoms with Gasteiger partial charge in [-0.1, -0.05) is 30.3 Å². The smallest absolute Gasteiger partial charge is 0.321 e. The van der Waals surface area contributed by atoms with Crippen molar-refractivity contribution in [2.45, 2.75) is 26.3 Å². The van der Waals surface area contributed by atoms with Crippen LogP contribution in [0.1, 0.15) is 31.9 Å². The van der Waals surface area contributed by atoms with Gasteiger partial charge in [0.2, 0.25) is 5.91 Å². The fourth-order valence-corrected chi connectivity index (χ4v) is 1.92. The molecule has 0 fully saturated rings. The Morgan fingerprint density at radius 2 is 1.79 bits per heavy atom. The molecule has 0 bridgehead atoms. The van der Waals surface area contributed by atoms with Crippen molar-refractivity contribution in [1.29, 1.82) is 0 Å². The van der Waals surface area contributed by atoms with Gasteiger partial charge in [-0.05, 0) is 12.5 Å². The molecule has 0 aromatic heterocycles. The quantitative estimate of drug-likeness (QED) is 0.633. The molecule has 3 N–H and O–H groups in total. The lowest BCUT2D eigenvalue weighted by Crippen LogP contribution is -2.41. The van der Waals surface area contributed by atoms with Crippen molar-refractivity contribution in [2.75, 3.05) is 13.2 Å². The molecule has 24 heavy (non-hydrogen) atoms. The largest absolute Gasteiger partial charge is 0.455 e. The molecule has 0 aliphatic carbocycles. The molecule has 0 saturated heterocycles. The molecule has 0 saturated carbocycles. The van der Waals surface area contributed by atoms with E-state index in [0.29, 0.717) is 6.54 Å². The summed E-state index contributed by atoms with van der Waals surface area (Å²) < 4.78 is 4.83. The lowest BCUT2D eigenvalue weighted by Gasteiger charge is -2.17. The maximum atomic E-state index is 11.9. The van der Waals surface area contributed by atoms with Gasteiger partial charge in [0, 0.05) is 13.5 Å². The second-order valence-electron chi connectivity index (χ2n) is 4.94. The van der Waals surface area contributed by atoms with Gasteiger partial charge in [0.1, 0.15) is 0 Å². The highest BCUT2D eigenvalue weighted by atomic mass is 16.5. The van der Waals surface area contributed by atoms with Crippen molar-refractivity contribution >= 4 is 23.8 Å². The minimum atomic E-state index is -0.731. The highest BCUT2D eigenvalue weighted by molar-refractivity contribution is 5.95. The fourth-order valence-electron chi connectivity index (χ4n) is 1.92. The van der Waals surface area contributed by atoms with Crippen molar-refractivity contribution in [1.82, 2.24) is 16.0 Å². The number of esters is 1. The Labute approximate surface area is 139 Å². The average molecular weight is 335 g/mol. The third kappa shape index (κ3) is 7.39. The zero-order valence-electron chi connectivity index (χ0n) is 13.6. The number of hydrogen-bond donors (Lipinski definition) is 3. The van der Waals surface area contributed by atoms with Gasteiger partial charge < -0.3 is 15.4 Å². The average Bonchev–Trinajstić information content (AvgIpc) is 2.53. The molecule has 1 rings (SSSR count). The van der Waals surface area contributed by atoms with Crippen LogP contribution in [0.5, 0.6) is 0 Å². The first-order valence-electron chi connectivity index (χ1n) is 7.47. The van der Waals surface area contributed by atoms with Crippen molar-refractivity contribution in [3.63, 3.8) is 0 Å². The molecule has 0 radical (unpaired) electrons. The van der Waals surface area contributed by atoms with Crippen LogP contribution in [0.25, 0.3) is 0 Å². The number of imide groups is 1. The first-order chi connectivity index (χ1) is 11.4. The van der Waals surface area contributed by atoms with E-state index in [2.05, 4.69) is 10.6 Å². The van der Waals surface area contributed by atoms with E-state index in [9.17, 15) is 19.2 Å². The number of nitrogens with one attached hydrogen (secondary N) is 3. The summed E-state index contributed by atoms with van der Waals surface area (Å²) in [6.45, 7) is 2.85. The number of ether oxygens (including phenoxy) is 1. The van der Waals surface area contributed by atoms with E-state index in [1.807, 2.05) is 11.4 Å². The summed E-state index contributed by atoms with van der Waals surface area (Å²) in [4.78, 5) is 45.8. The Morgan fingerprint density at radius 1 is 1.12 bits per heavy atom. The van der Waals surface area contributed by atoms with Gasteiger partial charge in [-0.2, -0.15) is 0 Å². The third-order valence-corrected chi connectivity index (χ3v) is 2.90. The molecule has 1 aromatic carbocycles. The topological polar surface area (TPSA) is 114 Å². The highest BCUT2D eigenvalue weighted by Crippen LogP contribution is 2.17. The summed E-state index contributed by atoms with van der Waals surface area (Å²) in [5, 5.41) is 7.06. The van der Waals surface area contributed by atoms with E-state index in [1.54, 1.807) is 31.2 Å². The Kier molecular flexibility index (Phi) is 7.97. The van der Waals surface area contributed by atoms with Gasteiger partial charge in [-0.15, -0.1) is 0 Å². The van der Waals surface area contributed by atoms with E-state index in [4.69, 9.17) is 4.74 Å². The van der Waals surface area contributed by atoms with Crippen LogP contribution in [0.2, 0.25) is 0 Å². The molecule has 0 unspecified atom stereocenters. The van der Waals surface area contributed by atoms with Gasteiger partial charge >= 0.3 is 12.0 Å². The minimum absolute atomic E-state index is 0.127. The number of carbonyl (C=O) groups excluding carboxylic acids is 4. The number of rotatable bonds is 7. The Hall–Kier alpha value is -2.90. The van der Waals surface area contributed by atoms with Gasteiger partial charge in [0.25, 0.3) is 5.91 Å². The third-order valence-electron chi connectivity index (χ3n) is 2.90. The molecule has 8 heteroatoms. The van der Waals surface area contributed by atoms with Crippen LogP contribution >= 0.6 is 0 Å². The summed E-state index contributed by atoms with van der Waals surface area (Å²) in [5.74, 6) is -1.68. The Balaban J connectivity index is 2.52. The summed E-state index contributed by atoms with van der Waals surface area (Å²) in [6, 6.07) is 7.73. The lowest BCUT2D eigenvalue weighted by molar-refractivity contribution is -0.148. The minimum Gasteiger partial charge on any atom is -0.455 e. The molecule has 0 heterocycles. The van der Waals surface area contributed by atoms with Crippen molar-refractivity contribution in [2.24, 2.45) is 0 Å². The number of amides is 4. The van der Waals surface area contributed by atoms with Crippen molar-refractivity contribution < 1.29 is 23.9 Å². The normalized spacial score (nSPS) is 11.1. The number of benzene rings is 1. The summed E-state index contributed by atoms with van der Waals surface area (Å²) >= 11 is 0. The Bertz CT molecular complexity index is 589. The molecule has 1 aromatic rings. The first kappa shape index (κ1) is 19.1. The molecule has 8 nitrogen and oxygen atoms in total. The first-order valence-corrected chi connectivity index (χ1v) is 7.47. The second-order valence-corrected chi connectivity index (χ2v) is 4.94. The lowest BCUT2D eigenvalue weighted by atomic mass is 10.0. The van der Waals surface area contributed by atoms with E-state index in [-0.39, 0.29) is 12.3 Å². The molecule has 0 spiro atoms. The zero-order chi connectivity index (χ0) is 17.9. The fraction of sp³-hybridized carbons (Fsp3) is 0.375. The van der Waals surface area contributed by atoms with Gasteiger partial charge in [0.05, 0.1) is 12.5 Å². The molecular formula is C16H21N3O5. The second kappa shape index (κ2) is 9.98. The van der Waals surface area contributed by atoms with E-state index >= 15 is 0 Å². The van der Waals surface area contributed by atoms with Crippen molar-refractivity contribution in [3.8, 4) is 0 Å². The summed E-state index contributed by atoms with van der Waals surface area (Å²) in [6.07, 6.45) is -0.127. The predicted molar refractivity (Wildman–Crippen MR) is 85.8 cm³/mol. The van der Waals surface area contributed by atoms with Crippen LogP contribution in [-0.4, -0.2) is 37.0 Å². The SMILES string of the molecule is CCNC(=O)NC(=O)COC(=O)C[C@H](NC(C)=O)c1ccccc1. The standard InChI is InChI=1S/C16H21N3O5/c1-3-17-16(23)19-14(21)10-24-15(22)9-13(18-11(2)20)12-7-5-4-6-8-12/h4-8,13H,3,9-10H2,1-2H3,(H,18,20)(H2,17,19,21,23)/t13-/m0/s1. The molecule has 130 valence electrons. The molecule has 0 aliphatic heterocycles. The number of carbonyl (C=O) groups is 4. The van der Waals surface area contributed by atoms with Gasteiger partial charge in [0.15, 0.2) is 6.61 Å².